The summed E-state index contributed by atoms with van der Waals surface area (Å²) in [6.45, 7) is 13.4. The molecular formula is C30H42O5. The zero-order valence-corrected chi connectivity index (χ0v) is 22.2. The highest BCUT2D eigenvalue weighted by molar-refractivity contribution is 5.86. The van der Waals surface area contributed by atoms with Gasteiger partial charge in [0.05, 0.1) is 6.26 Å². The van der Waals surface area contributed by atoms with Crippen LogP contribution in [0, 0.1) is 40.9 Å². The number of fused-ring (bicyclic) bond motifs is 4. The van der Waals surface area contributed by atoms with Gasteiger partial charge in [-0.15, -0.1) is 0 Å². The summed E-state index contributed by atoms with van der Waals surface area (Å²) < 4.78 is 6.10. The highest BCUT2D eigenvalue weighted by Crippen LogP contribution is 2.74. The molecule has 0 amide bonds. The summed E-state index contributed by atoms with van der Waals surface area (Å²) >= 11 is 0. The van der Waals surface area contributed by atoms with Gasteiger partial charge in [0.1, 0.15) is 5.76 Å². The average molecular weight is 483 g/mol. The molecule has 0 bridgehead atoms. The lowest BCUT2D eigenvalue weighted by Crippen LogP contribution is -2.57. The second kappa shape index (κ2) is 8.97. The molecular weight excluding hydrogens is 440 g/mol. The molecule has 1 aromatic rings. The summed E-state index contributed by atoms with van der Waals surface area (Å²) in [4.78, 5) is 22.7. The summed E-state index contributed by atoms with van der Waals surface area (Å²) in [7, 11) is 0. The fourth-order valence-corrected chi connectivity index (χ4v) is 8.65. The molecule has 0 unspecified atom stereocenters. The Hall–Kier alpha value is -2.30. The number of carbonyl (C=O) groups is 2. The van der Waals surface area contributed by atoms with Crippen molar-refractivity contribution in [3.05, 3.63) is 47.0 Å². The molecule has 0 saturated heterocycles. The van der Waals surface area contributed by atoms with E-state index in [9.17, 15) is 14.7 Å². The third kappa shape index (κ3) is 3.99. The molecule has 0 aliphatic heterocycles. The van der Waals surface area contributed by atoms with Crippen LogP contribution in [0.5, 0.6) is 0 Å². The predicted octanol–water partition coefficient (Wildman–Crippen LogP) is 7.15. The Balaban J connectivity index is 1.67. The smallest absolute Gasteiger partial charge is 0.331 e. The summed E-state index contributed by atoms with van der Waals surface area (Å²) in [5, 5.41) is 18.6. The first-order valence-electron chi connectivity index (χ1n) is 13.2. The molecule has 4 rings (SSSR count). The highest BCUT2D eigenvalue weighted by Gasteiger charge is 2.67. The van der Waals surface area contributed by atoms with Crippen LogP contribution in [0.4, 0.5) is 0 Å². The second-order valence-electron chi connectivity index (χ2n) is 12.4. The minimum absolute atomic E-state index is 0.0562. The van der Waals surface area contributed by atoms with E-state index in [1.165, 1.54) is 11.1 Å². The SMILES string of the molecule is C/C(=C\C=C/[C@@H](C)[C@H]1CC[C@@]2(C)[C@@H]3Cc4occ(C)c4[C@@H](CCC(=O)O)[C@]3(C)CC[C@]12C)C(=O)O. The molecule has 5 heteroatoms. The van der Waals surface area contributed by atoms with Crippen molar-refractivity contribution >= 4 is 11.9 Å². The van der Waals surface area contributed by atoms with Gasteiger partial charge in [-0.25, -0.2) is 4.79 Å². The monoisotopic (exact) mass is 482 g/mol. The maximum absolute atomic E-state index is 11.6. The van der Waals surface area contributed by atoms with Crippen LogP contribution < -0.4 is 0 Å². The fraction of sp³-hybridized carbons (Fsp3) is 0.667. The summed E-state index contributed by atoms with van der Waals surface area (Å²) in [5.41, 5.74) is 3.16. The number of hydrogen-bond acceptors (Lipinski definition) is 3. The number of aliphatic carboxylic acids is 2. The molecule has 7 atom stereocenters. The predicted molar refractivity (Wildman–Crippen MR) is 136 cm³/mol. The van der Waals surface area contributed by atoms with E-state index in [1.54, 1.807) is 13.0 Å². The van der Waals surface area contributed by atoms with Crippen LogP contribution in [-0.2, 0) is 16.0 Å². The van der Waals surface area contributed by atoms with E-state index in [2.05, 4.69) is 40.7 Å². The van der Waals surface area contributed by atoms with Gasteiger partial charge < -0.3 is 14.6 Å². The maximum atomic E-state index is 11.6. The Kier molecular flexibility index (Phi) is 6.61. The van der Waals surface area contributed by atoms with Crippen molar-refractivity contribution < 1.29 is 24.2 Å². The molecule has 3 aliphatic rings. The van der Waals surface area contributed by atoms with Crippen LogP contribution in [0.15, 0.2) is 34.5 Å². The van der Waals surface area contributed by atoms with Crippen molar-refractivity contribution in [3.8, 4) is 0 Å². The first kappa shape index (κ1) is 25.8. The van der Waals surface area contributed by atoms with E-state index in [-0.39, 0.29) is 28.6 Å². The Labute approximate surface area is 209 Å². The topological polar surface area (TPSA) is 87.7 Å². The Bertz CT molecular complexity index is 1060. The van der Waals surface area contributed by atoms with Gasteiger partial charge >= 0.3 is 11.9 Å². The van der Waals surface area contributed by atoms with Crippen molar-refractivity contribution in [3.63, 3.8) is 0 Å². The number of carboxylic acid groups (broad SMARTS) is 2. The van der Waals surface area contributed by atoms with E-state index >= 15 is 0 Å². The van der Waals surface area contributed by atoms with Gasteiger partial charge in [0.25, 0.3) is 0 Å². The quantitative estimate of drug-likeness (QED) is 0.318. The number of rotatable bonds is 7. The van der Waals surface area contributed by atoms with Crippen molar-refractivity contribution in [1.82, 2.24) is 0 Å². The first-order chi connectivity index (χ1) is 16.3. The van der Waals surface area contributed by atoms with Gasteiger partial charge in [-0.05, 0) is 91.4 Å². The van der Waals surface area contributed by atoms with Crippen LogP contribution in [0.1, 0.15) is 95.9 Å². The number of hydrogen-bond donors (Lipinski definition) is 2. The van der Waals surface area contributed by atoms with Crippen LogP contribution in [-0.4, -0.2) is 22.2 Å². The molecule has 35 heavy (non-hydrogen) atoms. The molecule has 1 heterocycles. The minimum atomic E-state index is -0.878. The van der Waals surface area contributed by atoms with Crippen molar-refractivity contribution in [2.75, 3.05) is 0 Å². The Morgan fingerprint density at radius 3 is 2.54 bits per heavy atom. The molecule has 2 N–H and O–H groups in total. The molecule has 192 valence electrons. The third-order valence-electron chi connectivity index (χ3n) is 10.9. The van der Waals surface area contributed by atoms with Crippen LogP contribution >= 0.6 is 0 Å². The maximum Gasteiger partial charge on any atom is 0.331 e. The summed E-state index contributed by atoms with van der Waals surface area (Å²) in [6, 6.07) is 0. The molecule has 1 aromatic heterocycles. The first-order valence-corrected chi connectivity index (χ1v) is 13.2. The Morgan fingerprint density at radius 2 is 1.89 bits per heavy atom. The van der Waals surface area contributed by atoms with E-state index < -0.39 is 11.9 Å². The molecule has 0 radical (unpaired) electrons. The van der Waals surface area contributed by atoms with Gasteiger partial charge in [-0.1, -0.05) is 45.9 Å². The van der Waals surface area contributed by atoms with Gasteiger partial charge in [0, 0.05) is 24.0 Å². The van der Waals surface area contributed by atoms with Gasteiger partial charge in [-0.3, -0.25) is 4.79 Å². The van der Waals surface area contributed by atoms with Crippen molar-refractivity contribution in [2.24, 2.45) is 34.0 Å². The molecule has 3 aliphatic carbocycles. The summed E-state index contributed by atoms with van der Waals surface area (Å²) in [5.74, 6) is 1.03. The molecule has 2 fully saturated rings. The van der Waals surface area contributed by atoms with Gasteiger partial charge in [0.2, 0.25) is 0 Å². The van der Waals surface area contributed by atoms with E-state index in [1.807, 2.05) is 12.3 Å². The minimum Gasteiger partial charge on any atom is -0.481 e. The standard InChI is InChI=1S/C30H42O5/c1-18(8-7-9-19(2)27(33)34)21-12-13-30(6)24-16-23-26(20(3)17-35-23)22(10-11-25(31)32)28(24,4)14-15-29(21,30)5/h7-9,17-18,21-22,24H,10-16H2,1-6H3,(H,31,32)(H,33,34)/b8-7-,19-9+/t18-,21-,22-,24-,28+,29-,30+/m1/s1. The molecule has 0 aromatic carbocycles. The zero-order chi connectivity index (χ0) is 25.8. The van der Waals surface area contributed by atoms with E-state index in [0.29, 0.717) is 29.7 Å². The number of aryl methyl sites for hydroxylation is 1. The van der Waals surface area contributed by atoms with Crippen LogP contribution in [0.25, 0.3) is 0 Å². The lowest BCUT2D eigenvalue weighted by Gasteiger charge is -2.64. The number of allylic oxidation sites excluding steroid dienone is 3. The lowest BCUT2D eigenvalue weighted by molar-refractivity contribution is -0.140. The Morgan fingerprint density at radius 1 is 1.17 bits per heavy atom. The van der Waals surface area contributed by atoms with E-state index in [0.717, 1.165) is 37.9 Å². The second-order valence-corrected chi connectivity index (χ2v) is 12.4. The van der Waals surface area contributed by atoms with Gasteiger partial charge in [-0.2, -0.15) is 0 Å². The molecule has 5 nitrogen and oxygen atoms in total. The average Bonchev–Trinajstić information content (AvgIpc) is 3.28. The van der Waals surface area contributed by atoms with Crippen LogP contribution in [0.3, 0.4) is 0 Å². The van der Waals surface area contributed by atoms with Crippen molar-refractivity contribution in [2.45, 2.75) is 92.4 Å². The molecule has 2 saturated carbocycles. The van der Waals surface area contributed by atoms with Gasteiger partial charge in [0.15, 0.2) is 0 Å². The van der Waals surface area contributed by atoms with Crippen LogP contribution in [0.2, 0.25) is 0 Å². The lowest BCUT2D eigenvalue weighted by atomic mass is 9.40. The van der Waals surface area contributed by atoms with Crippen molar-refractivity contribution in [1.29, 1.82) is 0 Å². The number of furan rings is 1. The largest absolute Gasteiger partial charge is 0.481 e. The normalized spacial score (nSPS) is 37.5. The van der Waals surface area contributed by atoms with E-state index in [4.69, 9.17) is 9.52 Å². The number of carboxylic acids is 2. The molecule has 0 spiro atoms. The summed E-state index contributed by atoms with van der Waals surface area (Å²) in [6.07, 6.45) is 14.0. The third-order valence-corrected chi connectivity index (χ3v) is 10.9. The fourth-order valence-electron chi connectivity index (χ4n) is 8.65. The highest BCUT2D eigenvalue weighted by atomic mass is 16.4. The zero-order valence-electron chi connectivity index (χ0n) is 22.2.